The van der Waals surface area contributed by atoms with Gasteiger partial charge < -0.3 is 14.2 Å². The van der Waals surface area contributed by atoms with Crippen molar-refractivity contribution in [1.29, 1.82) is 0 Å². The Kier molecular flexibility index (Phi) is 23.3. The summed E-state index contributed by atoms with van der Waals surface area (Å²) in [5.41, 5.74) is 1.37. The van der Waals surface area contributed by atoms with Gasteiger partial charge in [0.2, 0.25) is 0 Å². The zero-order valence-electron chi connectivity index (χ0n) is 25.2. The maximum atomic E-state index is 11.2. The molecule has 1 rings (SSSR count). The van der Waals surface area contributed by atoms with E-state index in [9.17, 15) is 8.76 Å². The van der Waals surface area contributed by atoms with Gasteiger partial charge in [-0.2, -0.15) is 5.90 Å². The number of aryl methyl sites for hydroxylation is 1. The third kappa shape index (κ3) is 21.5. The highest BCUT2D eigenvalue weighted by Gasteiger charge is 2.28. The van der Waals surface area contributed by atoms with Crippen LogP contribution in [0.4, 0.5) is 0 Å². The van der Waals surface area contributed by atoms with Crippen molar-refractivity contribution in [2.75, 3.05) is 32.2 Å². The predicted molar refractivity (Wildman–Crippen MR) is 165 cm³/mol. The van der Waals surface area contributed by atoms with Crippen LogP contribution in [-0.4, -0.2) is 38.3 Å². The largest absolute Gasteiger partial charge is 0.491 e. The molecular formula is C32H57NO6S+. The van der Waals surface area contributed by atoms with E-state index in [2.05, 4.69) is 42.1 Å². The zero-order chi connectivity index (χ0) is 29.2. The van der Waals surface area contributed by atoms with Crippen molar-refractivity contribution in [2.45, 2.75) is 122 Å². The van der Waals surface area contributed by atoms with Gasteiger partial charge in [-0.25, -0.2) is 0 Å². The summed E-state index contributed by atoms with van der Waals surface area (Å²) in [6.07, 6.45) is 21.4. The summed E-state index contributed by atoms with van der Waals surface area (Å²) in [5, 5.41) is 0. The summed E-state index contributed by atoms with van der Waals surface area (Å²) < 4.78 is 44.1. The van der Waals surface area contributed by atoms with E-state index in [-0.39, 0.29) is 11.9 Å². The second-order valence-electron chi connectivity index (χ2n) is 10.7. The van der Waals surface area contributed by atoms with E-state index >= 15 is 0 Å². The average molecular weight is 584 g/mol. The minimum atomic E-state index is -3.52. The first-order valence-electron chi connectivity index (χ1n) is 15.6. The summed E-state index contributed by atoms with van der Waals surface area (Å²) in [5.74, 6) is 5.61. The normalized spacial score (nSPS) is 13.7. The van der Waals surface area contributed by atoms with E-state index in [0.717, 1.165) is 44.3 Å². The quantitative estimate of drug-likeness (QED) is 0.0442. The molecule has 231 valence electrons. The number of unbranched alkanes of at least 4 members (excludes halogenated alkanes) is 14. The number of rotatable bonds is 29. The van der Waals surface area contributed by atoms with E-state index in [4.69, 9.17) is 20.1 Å². The van der Waals surface area contributed by atoms with Gasteiger partial charge in [0.25, 0.3) is 0 Å². The zero-order valence-corrected chi connectivity index (χ0v) is 26.0. The first-order valence-corrected chi connectivity index (χ1v) is 17.2. The molecule has 0 heterocycles. The summed E-state index contributed by atoms with van der Waals surface area (Å²) >= 11 is 0. The van der Waals surface area contributed by atoms with Gasteiger partial charge in [-0.05, 0) is 58.3 Å². The van der Waals surface area contributed by atoms with Crippen molar-refractivity contribution in [3.8, 4) is 5.75 Å². The topological polar surface area (TPSA) is 99.9 Å². The van der Waals surface area contributed by atoms with E-state index in [1.807, 2.05) is 0 Å². The fraction of sp³-hybridized carbons (Fsp3) is 0.750. The van der Waals surface area contributed by atoms with Crippen molar-refractivity contribution in [1.82, 2.24) is 0 Å². The number of hydrogen-bond acceptors (Lipinski definition) is 6. The standard InChI is InChI=1S/C32H57NO6S/c1-3-5-6-7-11-14-17-20-30-21-23-31(24-22-30)38-29-32(28-36-25-4-2)37-26-18-15-12-9-8-10-13-16-19-27-40(34,35)39-33/h4,21-24,32H,2-3,5-20,25-29,33H2,1H3/q+1. The van der Waals surface area contributed by atoms with Crippen LogP contribution in [0.5, 0.6) is 5.75 Å². The number of benzene rings is 1. The van der Waals surface area contributed by atoms with Crippen molar-refractivity contribution in [2.24, 2.45) is 5.90 Å². The van der Waals surface area contributed by atoms with Crippen LogP contribution in [0.3, 0.4) is 0 Å². The highest BCUT2D eigenvalue weighted by molar-refractivity contribution is 7.92. The van der Waals surface area contributed by atoms with Gasteiger partial charge in [-0.1, -0.05) is 102 Å². The third-order valence-electron chi connectivity index (χ3n) is 7.01. The Morgan fingerprint density at radius 3 is 2.00 bits per heavy atom. The summed E-state index contributed by atoms with van der Waals surface area (Å²) in [6, 6.07) is 8.49. The molecule has 0 amide bonds. The van der Waals surface area contributed by atoms with E-state index < -0.39 is 10.5 Å². The highest BCUT2D eigenvalue weighted by atomic mass is 32.3. The molecule has 1 aromatic carbocycles. The molecule has 2 unspecified atom stereocenters. The smallest absolute Gasteiger partial charge is 0.413 e. The van der Waals surface area contributed by atoms with Crippen LogP contribution in [0.15, 0.2) is 36.9 Å². The van der Waals surface area contributed by atoms with Gasteiger partial charge in [0.1, 0.15) is 18.5 Å². The van der Waals surface area contributed by atoms with E-state index in [1.165, 1.54) is 69.8 Å². The van der Waals surface area contributed by atoms with Gasteiger partial charge in [-0.3, -0.25) is 0 Å². The van der Waals surface area contributed by atoms with E-state index in [0.29, 0.717) is 32.8 Å². The highest BCUT2D eigenvalue weighted by Crippen LogP contribution is 2.17. The summed E-state index contributed by atoms with van der Waals surface area (Å²) in [6.45, 7) is 8.13. The molecule has 2 atom stereocenters. The van der Waals surface area contributed by atoms with Crippen LogP contribution in [0.1, 0.15) is 115 Å². The molecule has 1 aromatic rings. The Hall–Kier alpha value is -1.29. The van der Waals surface area contributed by atoms with Crippen LogP contribution in [-0.2, 0) is 39.4 Å². The molecule has 0 aliphatic carbocycles. The predicted octanol–water partition coefficient (Wildman–Crippen LogP) is 8.11. The van der Waals surface area contributed by atoms with Crippen LogP contribution >= 0.6 is 0 Å². The van der Waals surface area contributed by atoms with Gasteiger partial charge in [-0.15, -0.1) is 6.58 Å². The maximum Gasteiger partial charge on any atom is 0.413 e. The molecule has 0 aromatic heterocycles. The van der Waals surface area contributed by atoms with Crippen molar-refractivity contribution in [3.63, 3.8) is 0 Å². The van der Waals surface area contributed by atoms with Crippen LogP contribution < -0.4 is 10.6 Å². The number of nitrogens with two attached hydrogens (primary N) is 1. The SMILES string of the molecule is C=CCOCC(COc1ccc(CCCCCCCCC)cc1)OCCCCCCCCCCC[S+]([O])(=O)ON. The Morgan fingerprint density at radius 1 is 0.825 bits per heavy atom. The first kappa shape index (κ1) is 36.7. The molecule has 0 aliphatic rings. The van der Waals surface area contributed by atoms with Gasteiger partial charge in [0.15, 0.2) is 5.75 Å². The molecule has 0 aliphatic heterocycles. The number of ether oxygens (including phenoxy) is 3. The first-order chi connectivity index (χ1) is 19.5. The molecular weight excluding hydrogens is 526 g/mol. The molecule has 0 saturated heterocycles. The molecule has 0 fully saturated rings. The lowest BCUT2D eigenvalue weighted by atomic mass is 10.0. The van der Waals surface area contributed by atoms with Gasteiger partial charge in [0, 0.05) is 6.61 Å². The van der Waals surface area contributed by atoms with Crippen molar-refractivity contribution < 1.29 is 27.3 Å². The van der Waals surface area contributed by atoms with Crippen LogP contribution in [0, 0.1) is 0 Å². The van der Waals surface area contributed by atoms with Crippen LogP contribution in [0.25, 0.3) is 0 Å². The molecule has 0 spiro atoms. The Labute approximate surface area is 246 Å². The lowest BCUT2D eigenvalue weighted by Gasteiger charge is -2.19. The maximum absolute atomic E-state index is 11.2. The summed E-state index contributed by atoms with van der Waals surface area (Å²) in [7, 11) is -3.52. The molecule has 7 nitrogen and oxygen atoms in total. The molecule has 2 N–H and O–H groups in total. The second kappa shape index (κ2) is 25.4. The third-order valence-corrected chi connectivity index (χ3v) is 8.09. The Morgan fingerprint density at radius 2 is 1.40 bits per heavy atom. The fourth-order valence-electron chi connectivity index (χ4n) is 4.57. The molecule has 0 bridgehead atoms. The monoisotopic (exact) mass is 583 g/mol. The average Bonchev–Trinajstić information content (AvgIpc) is 2.96. The van der Waals surface area contributed by atoms with Crippen molar-refractivity contribution in [3.05, 3.63) is 42.5 Å². The molecule has 1 radical (unpaired) electrons. The fourth-order valence-corrected chi connectivity index (χ4v) is 5.23. The van der Waals surface area contributed by atoms with E-state index in [1.54, 1.807) is 6.08 Å². The Balaban J connectivity index is 2.15. The van der Waals surface area contributed by atoms with Crippen molar-refractivity contribution >= 4 is 10.5 Å². The second-order valence-corrected chi connectivity index (χ2v) is 12.4. The van der Waals surface area contributed by atoms with Crippen LogP contribution in [0.2, 0.25) is 0 Å². The molecule has 8 heteroatoms. The van der Waals surface area contributed by atoms with Gasteiger partial charge in [0.05, 0.1) is 17.8 Å². The molecule has 0 saturated carbocycles. The minimum absolute atomic E-state index is 0.000198. The number of hydrogen-bond donors (Lipinski definition) is 1. The lowest BCUT2D eigenvalue weighted by Crippen LogP contribution is -2.27. The lowest BCUT2D eigenvalue weighted by molar-refractivity contribution is -0.0331. The summed E-state index contributed by atoms with van der Waals surface area (Å²) in [4.78, 5) is 0. The minimum Gasteiger partial charge on any atom is -0.491 e. The van der Waals surface area contributed by atoms with Gasteiger partial charge >= 0.3 is 10.5 Å². The Bertz CT molecular complexity index is 760. The molecule has 40 heavy (non-hydrogen) atoms.